The van der Waals surface area contributed by atoms with E-state index in [2.05, 4.69) is 215 Å². The quantitative estimate of drug-likeness (QED) is 0.0844. The van der Waals surface area contributed by atoms with Crippen molar-refractivity contribution in [1.29, 1.82) is 0 Å². The molecule has 4 nitrogen and oxygen atoms in total. The van der Waals surface area contributed by atoms with Crippen LogP contribution in [0.25, 0.3) is 21.9 Å². The molecule has 0 saturated heterocycles. The zero-order valence-corrected chi connectivity index (χ0v) is 50.0. The third-order valence-electron chi connectivity index (χ3n) is 18.8. The van der Waals surface area contributed by atoms with Gasteiger partial charge in [-0.1, -0.05) is 203 Å². The first-order valence-electron chi connectivity index (χ1n) is 27.4. The van der Waals surface area contributed by atoms with Gasteiger partial charge in [0.15, 0.2) is 0 Å². The maximum absolute atomic E-state index is 12.6. The van der Waals surface area contributed by atoms with Gasteiger partial charge in [0, 0.05) is 45.0 Å². The van der Waals surface area contributed by atoms with Crippen molar-refractivity contribution < 1.29 is 18.0 Å². The van der Waals surface area contributed by atoms with Gasteiger partial charge in [0.1, 0.15) is 22.7 Å². The largest absolute Gasteiger partial charge is 0.507 e. The van der Waals surface area contributed by atoms with E-state index in [9.17, 15) is 5.11 Å². The molecule has 1 heterocycles. The zero-order valence-electron chi connectivity index (χ0n) is 49.1. The Labute approximate surface area is 429 Å². The van der Waals surface area contributed by atoms with Gasteiger partial charge < -0.3 is 18.0 Å². The van der Waals surface area contributed by atoms with Crippen LogP contribution in [-0.4, -0.2) is 5.11 Å². The lowest BCUT2D eigenvalue weighted by Crippen LogP contribution is -2.22. The summed E-state index contributed by atoms with van der Waals surface area (Å²) in [4.78, 5) is 0. The lowest BCUT2D eigenvalue weighted by atomic mass is 9.73. The summed E-state index contributed by atoms with van der Waals surface area (Å²) in [6.07, 6.45) is 8.14. The molecule has 388 valence electrons. The Morgan fingerprint density at radius 2 is 0.657 bits per heavy atom. The van der Waals surface area contributed by atoms with Gasteiger partial charge in [-0.3, -0.25) is 0 Å². The Hall–Kier alpha value is -3.62. The monoisotopic (exact) mass is 975 g/mol. The van der Waals surface area contributed by atoms with E-state index >= 15 is 0 Å². The number of hydrogen-bond donors (Lipinski definition) is 1. The summed E-state index contributed by atoms with van der Waals surface area (Å²) < 4.78 is 22.9. The fourth-order valence-corrected chi connectivity index (χ4v) is 10.4. The first-order valence-corrected chi connectivity index (χ1v) is 28.5. The molecule has 0 atom stereocenters. The minimum atomic E-state index is -2.09. The van der Waals surface area contributed by atoms with E-state index in [-0.39, 0.29) is 43.3 Å². The molecule has 1 N–H and O–H groups in total. The van der Waals surface area contributed by atoms with Crippen LogP contribution in [0.3, 0.4) is 0 Å². The smallest absolute Gasteiger partial charge is 0.453 e. The molecule has 5 rings (SSSR count). The number of aromatic hydroxyl groups is 1. The van der Waals surface area contributed by atoms with Crippen molar-refractivity contribution in [3.05, 3.63) is 104 Å². The fourth-order valence-electron chi connectivity index (χ4n) is 9.26. The molecular weight excluding hydrogens is 876 g/mol. The van der Waals surface area contributed by atoms with E-state index in [0.717, 1.165) is 101 Å². The van der Waals surface area contributed by atoms with Crippen molar-refractivity contribution >= 4 is 30.2 Å². The van der Waals surface area contributed by atoms with Gasteiger partial charge in [-0.25, -0.2) is 0 Å². The second kappa shape index (κ2) is 20.4. The summed E-state index contributed by atoms with van der Waals surface area (Å²) >= 11 is 0. The van der Waals surface area contributed by atoms with Crippen LogP contribution in [0.5, 0.6) is 11.5 Å². The number of benzene rings is 4. The normalized spacial score (nSPS) is 13.7. The van der Waals surface area contributed by atoms with Gasteiger partial charge in [0.25, 0.3) is 0 Å². The van der Waals surface area contributed by atoms with Gasteiger partial charge in [-0.05, 0) is 135 Å². The summed E-state index contributed by atoms with van der Waals surface area (Å²) in [6, 6.07) is 19.1. The average molecular weight is 975 g/mol. The molecular formula is C65H99O4P. The van der Waals surface area contributed by atoms with Gasteiger partial charge >= 0.3 is 8.24 Å². The standard InChI is InChI=1S/C65H99O4P/c1-25-58(9,10)44-34-42(54(66)50(38-44)62(17,18)29-5)33-43-35-45(59(11,12)26-2)39-51(63(19,20)30-6)55(43)67-70-68-56-48(36-46(60(13,14)27-3)40-52(56)64(21,22)31-7)49-37-47(61(15,16)28-4)41-53(57(49)69-70)65(23,24)32-8/h34-41,66H,25-33H2,1-24H3. The molecule has 0 unspecified atom stereocenters. The van der Waals surface area contributed by atoms with E-state index in [1.165, 1.54) is 33.4 Å². The van der Waals surface area contributed by atoms with Crippen molar-refractivity contribution in [2.75, 3.05) is 0 Å². The van der Waals surface area contributed by atoms with Crippen molar-refractivity contribution in [2.24, 2.45) is 0 Å². The second-order valence-corrected chi connectivity index (χ2v) is 27.4. The topological polar surface area (TPSA) is 55.7 Å². The number of phenolic OH excluding ortho intramolecular Hbond substituents is 1. The first kappa shape index (κ1) is 57.3. The number of rotatable bonds is 20. The van der Waals surface area contributed by atoms with Crippen molar-refractivity contribution in [2.45, 2.75) is 267 Å². The third kappa shape index (κ3) is 11.1. The Morgan fingerprint density at radius 3 is 1.01 bits per heavy atom. The van der Waals surface area contributed by atoms with E-state index < -0.39 is 8.24 Å². The predicted molar refractivity (Wildman–Crippen MR) is 306 cm³/mol. The fraction of sp³-hybridized carbons (Fsp3) is 0.631. The summed E-state index contributed by atoms with van der Waals surface area (Å²) in [5.74, 6) is 1.18. The average Bonchev–Trinajstić information content (AvgIpc) is 3.47. The molecule has 0 spiro atoms. The Balaban J connectivity index is 2.10. The van der Waals surface area contributed by atoms with Gasteiger partial charge in [0.2, 0.25) is 0 Å². The predicted octanol–water partition coefficient (Wildman–Crippen LogP) is 20.9. The Bertz CT molecular complexity index is 2620. The highest BCUT2D eigenvalue weighted by Gasteiger charge is 2.36. The zero-order chi connectivity index (χ0) is 53.0. The molecule has 0 aliphatic heterocycles. The summed E-state index contributed by atoms with van der Waals surface area (Å²) in [7, 11) is -2.09. The molecule has 1 aromatic heterocycles. The molecule has 0 radical (unpaired) electrons. The van der Waals surface area contributed by atoms with Crippen LogP contribution in [0.15, 0.2) is 56.9 Å². The minimum absolute atomic E-state index is 0.0705. The van der Waals surface area contributed by atoms with E-state index in [1.54, 1.807) is 0 Å². The highest BCUT2D eigenvalue weighted by molar-refractivity contribution is 7.32. The number of phenols is 1. The first-order chi connectivity index (χ1) is 32.2. The van der Waals surface area contributed by atoms with Crippen LogP contribution in [0, 0.1) is 0 Å². The Morgan fingerprint density at radius 1 is 0.371 bits per heavy atom. The molecule has 0 fully saturated rings. The van der Waals surface area contributed by atoms with Crippen molar-refractivity contribution in [1.82, 2.24) is 0 Å². The summed E-state index contributed by atoms with van der Waals surface area (Å²) in [5.41, 5.74) is 12.1. The number of hydrogen-bond acceptors (Lipinski definition) is 4. The second-order valence-electron chi connectivity index (χ2n) is 26.4. The highest BCUT2D eigenvalue weighted by Crippen LogP contribution is 2.51. The molecule has 0 aliphatic rings. The molecule has 5 heteroatoms. The maximum atomic E-state index is 12.6. The van der Waals surface area contributed by atoms with Crippen LogP contribution in [0.4, 0.5) is 0 Å². The molecule has 4 aromatic carbocycles. The van der Waals surface area contributed by atoms with Crippen LogP contribution in [0.2, 0.25) is 0 Å². The number of fused-ring (bicyclic) bond motifs is 3. The molecule has 5 aromatic rings. The molecule has 70 heavy (non-hydrogen) atoms. The van der Waals surface area contributed by atoms with E-state index in [4.69, 9.17) is 12.9 Å². The van der Waals surface area contributed by atoms with Gasteiger partial charge in [-0.15, -0.1) is 0 Å². The van der Waals surface area contributed by atoms with E-state index in [1.807, 2.05) is 0 Å². The maximum Gasteiger partial charge on any atom is 0.453 e. The Kier molecular flexibility index (Phi) is 16.7. The molecule has 0 aliphatic carbocycles. The van der Waals surface area contributed by atoms with Crippen LogP contribution < -0.4 is 4.52 Å². The SMILES string of the molecule is CCC(C)(C)c1cc(Cc2cc(C(C)(C)CC)cc(C(C)(C)CC)c2Op2oc3c(C(C)(C)CC)cc(C(C)(C)CC)cc3c3cc(C(C)(C)CC)cc(C(C)(C)CC)c3o2)c(O)c(C(C)(C)CC)c1. The van der Waals surface area contributed by atoms with E-state index in [0.29, 0.717) is 12.2 Å². The molecule has 0 amide bonds. The van der Waals surface area contributed by atoms with Crippen molar-refractivity contribution in [3.8, 4) is 11.5 Å². The van der Waals surface area contributed by atoms with Gasteiger partial charge in [0.05, 0.1) is 0 Å². The van der Waals surface area contributed by atoms with Crippen LogP contribution in [0.1, 0.15) is 273 Å². The van der Waals surface area contributed by atoms with Gasteiger partial charge in [-0.2, -0.15) is 0 Å². The summed E-state index contributed by atoms with van der Waals surface area (Å²) in [5, 5.41) is 14.7. The highest BCUT2D eigenvalue weighted by atomic mass is 31.1. The lowest BCUT2D eigenvalue weighted by molar-refractivity contribution is 0.420. The van der Waals surface area contributed by atoms with Crippen LogP contribution in [-0.2, 0) is 49.7 Å². The minimum Gasteiger partial charge on any atom is -0.507 e. The molecule has 0 bridgehead atoms. The molecule has 0 saturated carbocycles. The van der Waals surface area contributed by atoms with Crippen molar-refractivity contribution in [3.63, 3.8) is 0 Å². The lowest BCUT2D eigenvalue weighted by Gasteiger charge is -2.33. The third-order valence-corrected chi connectivity index (χ3v) is 19.8. The van der Waals surface area contributed by atoms with Crippen LogP contribution >= 0.6 is 8.24 Å². The summed E-state index contributed by atoms with van der Waals surface area (Å²) in [6.45, 7) is 55.7.